The van der Waals surface area contributed by atoms with E-state index in [-0.39, 0.29) is 16.2 Å². The normalized spacial score (nSPS) is 11.4. The van der Waals surface area contributed by atoms with E-state index in [1.807, 2.05) is 26.0 Å². The number of benzene rings is 2. The van der Waals surface area contributed by atoms with Gasteiger partial charge in [-0.3, -0.25) is 0 Å². The van der Waals surface area contributed by atoms with Gasteiger partial charge in [0.15, 0.2) is 0 Å². The topological polar surface area (TPSA) is 69.7 Å². The van der Waals surface area contributed by atoms with Crippen molar-refractivity contribution in [2.45, 2.75) is 31.6 Å². The lowest BCUT2D eigenvalue weighted by Gasteiger charge is -2.11. The molecule has 0 radical (unpaired) electrons. The lowest BCUT2D eigenvalue weighted by atomic mass is 10.0. The van der Waals surface area contributed by atoms with Gasteiger partial charge in [0.1, 0.15) is 10.6 Å². The Morgan fingerprint density at radius 1 is 1.04 bits per heavy atom. The number of carbonyl (C=O) groups is 1. The van der Waals surface area contributed by atoms with Gasteiger partial charge in [-0.15, -0.1) is 0 Å². The van der Waals surface area contributed by atoms with Crippen molar-refractivity contribution in [2.75, 3.05) is 7.11 Å². The predicted molar refractivity (Wildman–Crippen MR) is 90.9 cm³/mol. The molecule has 24 heavy (non-hydrogen) atoms. The molecule has 0 aromatic heterocycles. The van der Waals surface area contributed by atoms with Gasteiger partial charge in [-0.2, -0.15) is 8.42 Å². The van der Waals surface area contributed by atoms with Gasteiger partial charge in [0.2, 0.25) is 0 Å². The summed E-state index contributed by atoms with van der Waals surface area (Å²) in [5.74, 6) is -0.0374. The van der Waals surface area contributed by atoms with E-state index in [2.05, 4.69) is 4.74 Å². The summed E-state index contributed by atoms with van der Waals surface area (Å²) in [4.78, 5) is 11.5. The van der Waals surface area contributed by atoms with E-state index in [9.17, 15) is 13.2 Å². The molecule has 0 saturated heterocycles. The number of ether oxygens (including phenoxy) is 1. The number of hydrogen-bond acceptors (Lipinski definition) is 5. The summed E-state index contributed by atoms with van der Waals surface area (Å²) in [7, 11) is -2.81. The van der Waals surface area contributed by atoms with Crippen molar-refractivity contribution in [3.05, 3.63) is 59.2 Å². The highest BCUT2D eigenvalue weighted by Gasteiger charge is 2.21. The lowest BCUT2D eigenvalue weighted by molar-refractivity contribution is 0.0600. The van der Waals surface area contributed by atoms with Crippen LogP contribution in [0, 0.1) is 6.92 Å². The van der Waals surface area contributed by atoms with Crippen LogP contribution in [0.3, 0.4) is 0 Å². The van der Waals surface area contributed by atoms with Gasteiger partial charge >= 0.3 is 16.1 Å². The highest BCUT2D eigenvalue weighted by Crippen LogP contribution is 2.24. The molecule has 128 valence electrons. The van der Waals surface area contributed by atoms with E-state index >= 15 is 0 Å². The molecule has 0 bridgehead atoms. The first kappa shape index (κ1) is 18.0. The number of aryl methyl sites for hydroxylation is 1. The Hall–Kier alpha value is -2.34. The molecule has 0 atom stereocenters. The Kier molecular flexibility index (Phi) is 5.29. The second-order valence-electron chi connectivity index (χ2n) is 5.73. The first-order valence-electron chi connectivity index (χ1n) is 7.48. The zero-order valence-electron chi connectivity index (χ0n) is 14.1. The van der Waals surface area contributed by atoms with Crippen LogP contribution in [0.4, 0.5) is 0 Å². The minimum absolute atomic E-state index is 0.0571. The van der Waals surface area contributed by atoms with Gasteiger partial charge in [0, 0.05) is 0 Å². The molecule has 6 heteroatoms. The molecule has 5 nitrogen and oxygen atoms in total. The Labute approximate surface area is 142 Å². The van der Waals surface area contributed by atoms with Crippen LogP contribution in [-0.2, 0) is 14.9 Å². The Balaban J connectivity index is 2.34. The molecule has 0 unspecified atom stereocenters. The van der Waals surface area contributed by atoms with Crippen molar-refractivity contribution in [2.24, 2.45) is 0 Å². The first-order chi connectivity index (χ1) is 11.2. The molecule has 0 fully saturated rings. The maximum Gasteiger partial charge on any atom is 0.339 e. The number of esters is 1. The molecule has 0 saturated carbocycles. The van der Waals surface area contributed by atoms with E-state index in [0.717, 1.165) is 5.56 Å². The van der Waals surface area contributed by atoms with Gasteiger partial charge in [0.25, 0.3) is 0 Å². The van der Waals surface area contributed by atoms with Crippen molar-refractivity contribution >= 4 is 16.1 Å². The SMILES string of the molecule is COC(=O)c1ccc(C)c(S(=O)(=O)Oc2ccc(C(C)C)cc2)c1. The molecule has 0 aliphatic carbocycles. The maximum absolute atomic E-state index is 12.5. The van der Waals surface area contributed by atoms with Crippen molar-refractivity contribution < 1.29 is 22.1 Å². The fourth-order valence-electron chi connectivity index (χ4n) is 2.19. The number of carbonyl (C=O) groups excluding carboxylic acids is 1. The Morgan fingerprint density at radius 3 is 2.21 bits per heavy atom. The highest BCUT2D eigenvalue weighted by atomic mass is 32.2. The molecule has 0 aliphatic rings. The van der Waals surface area contributed by atoms with Crippen LogP contribution in [0.15, 0.2) is 47.4 Å². The van der Waals surface area contributed by atoms with E-state index in [4.69, 9.17) is 4.18 Å². The molecule has 0 spiro atoms. The monoisotopic (exact) mass is 348 g/mol. The van der Waals surface area contributed by atoms with Gasteiger partial charge in [-0.25, -0.2) is 4.79 Å². The minimum atomic E-state index is -4.05. The summed E-state index contributed by atoms with van der Waals surface area (Å²) in [6, 6.07) is 11.2. The predicted octanol–water partition coefficient (Wildman–Crippen LogP) is 3.67. The van der Waals surface area contributed by atoms with Gasteiger partial charge < -0.3 is 8.92 Å². The lowest BCUT2D eigenvalue weighted by Crippen LogP contribution is -2.13. The van der Waals surface area contributed by atoms with Crippen LogP contribution < -0.4 is 4.18 Å². The van der Waals surface area contributed by atoms with Crippen LogP contribution in [0.1, 0.15) is 41.3 Å². The highest BCUT2D eigenvalue weighted by molar-refractivity contribution is 7.87. The average molecular weight is 348 g/mol. The Morgan fingerprint density at radius 2 is 1.67 bits per heavy atom. The number of methoxy groups -OCH3 is 1. The molecule has 0 aliphatic heterocycles. The van der Waals surface area contributed by atoms with Crippen LogP contribution in [-0.4, -0.2) is 21.5 Å². The van der Waals surface area contributed by atoms with Gasteiger partial charge in [-0.05, 0) is 48.2 Å². The zero-order chi connectivity index (χ0) is 17.9. The Bertz CT molecular complexity index is 836. The average Bonchev–Trinajstić information content (AvgIpc) is 2.54. The summed E-state index contributed by atoms with van der Waals surface area (Å²) >= 11 is 0. The van der Waals surface area contributed by atoms with Crippen molar-refractivity contribution in [1.82, 2.24) is 0 Å². The fourth-order valence-corrected chi connectivity index (χ4v) is 3.38. The molecule has 2 rings (SSSR count). The third-order valence-electron chi connectivity index (χ3n) is 3.63. The molecule has 0 amide bonds. The molecular weight excluding hydrogens is 328 g/mol. The van der Waals surface area contributed by atoms with Crippen molar-refractivity contribution in [3.63, 3.8) is 0 Å². The van der Waals surface area contributed by atoms with E-state index in [0.29, 0.717) is 11.5 Å². The van der Waals surface area contributed by atoms with Crippen LogP contribution in [0.25, 0.3) is 0 Å². The molecular formula is C18H20O5S. The molecule has 2 aromatic carbocycles. The fraction of sp³-hybridized carbons (Fsp3) is 0.278. The van der Waals surface area contributed by atoms with Crippen LogP contribution in [0.5, 0.6) is 5.75 Å². The van der Waals surface area contributed by atoms with Crippen molar-refractivity contribution in [3.8, 4) is 5.75 Å². The number of rotatable bonds is 5. The maximum atomic E-state index is 12.5. The van der Waals surface area contributed by atoms with Gasteiger partial charge in [0.05, 0.1) is 12.7 Å². The van der Waals surface area contributed by atoms with E-state index in [1.165, 1.54) is 19.2 Å². The minimum Gasteiger partial charge on any atom is -0.465 e. The first-order valence-corrected chi connectivity index (χ1v) is 8.89. The summed E-state index contributed by atoms with van der Waals surface area (Å²) < 4.78 is 34.9. The number of hydrogen-bond donors (Lipinski definition) is 0. The van der Waals surface area contributed by atoms with Crippen LogP contribution >= 0.6 is 0 Å². The zero-order valence-corrected chi connectivity index (χ0v) is 14.9. The summed E-state index contributed by atoms with van der Waals surface area (Å²) in [5.41, 5.74) is 1.73. The second kappa shape index (κ2) is 7.05. The third-order valence-corrected chi connectivity index (χ3v) is 5.02. The molecule has 2 aromatic rings. The largest absolute Gasteiger partial charge is 0.465 e. The quantitative estimate of drug-likeness (QED) is 0.609. The third kappa shape index (κ3) is 3.94. The summed E-state index contributed by atoms with van der Waals surface area (Å²) in [5, 5.41) is 0. The smallest absolute Gasteiger partial charge is 0.339 e. The second-order valence-corrected chi connectivity index (χ2v) is 7.25. The summed E-state index contributed by atoms with van der Waals surface area (Å²) in [6.45, 7) is 5.74. The van der Waals surface area contributed by atoms with E-state index in [1.54, 1.807) is 25.1 Å². The van der Waals surface area contributed by atoms with Gasteiger partial charge in [-0.1, -0.05) is 32.0 Å². The molecule has 0 heterocycles. The van der Waals surface area contributed by atoms with Crippen LogP contribution in [0.2, 0.25) is 0 Å². The standard InChI is InChI=1S/C18H20O5S/c1-12(2)14-7-9-16(10-8-14)23-24(20,21)17-11-15(18(19)22-4)6-5-13(17)3/h5-12H,1-4H3. The summed E-state index contributed by atoms with van der Waals surface area (Å²) in [6.07, 6.45) is 0. The molecule has 0 N–H and O–H groups in total. The van der Waals surface area contributed by atoms with E-state index < -0.39 is 16.1 Å². The van der Waals surface area contributed by atoms with Crippen molar-refractivity contribution in [1.29, 1.82) is 0 Å².